The fourth-order valence-corrected chi connectivity index (χ4v) is 2.33. The minimum Gasteiger partial charge on any atom is -0.494 e. The van der Waals surface area contributed by atoms with Crippen molar-refractivity contribution in [2.75, 3.05) is 30.8 Å². The van der Waals surface area contributed by atoms with Gasteiger partial charge in [0.25, 0.3) is 0 Å². The van der Waals surface area contributed by atoms with Crippen LogP contribution in [0.5, 0.6) is 5.75 Å². The van der Waals surface area contributed by atoms with Crippen molar-refractivity contribution in [1.29, 1.82) is 0 Å². The van der Waals surface area contributed by atoms with Crippen molar-refractivity contribution in [1.82, 2.24) is 19.7 Å². The molecule has 126 valence electrons. The third-order valence-electron chi connectivity index (χ3n) is 3.67. The molecule has 2 aromatic heterocycles. The summed E-state index contributed by atoms with van der Waals surface area (Å²) in [6.45, 7) is 1.21. The summed E-state index contributed by atoms with van der Waals surface area (Å²) in [5, 5.41) is 4.89. The lowest BCUT2D eigenvalue weighted by Gasteiger charge is -2.17. The minimum absolute atomic E-state index is 0.276. The number of halogens is 1. The first kappa shape index (κ1) is 16.0. The van der Waals surface area contributed by atoms with Crippen LogP contribution in [0.15, 0.2) is 30.5 Å². The summed E-state index contributed by atoms with van der Waals surface area (Å²) in [4.78, 5) is 10.7. The Kier molecular flexibility index (Phi) is 4.45. The first-order chi connectivity index (χ1) is 11.5. The second-order valence-electron chi connectivity index (χ2n) is 5.49. The molecule has 0 bridgehead atoms. The Hall–Kier alpha value is -2.90. The van der Waals surface area contributed by atoms with Crippen LogP contribution in [0.1, 0.15) is 6.42 Å². The molecule has 0 spiro atoms. The molecule has 24 heavy (non-hydrogen) atoms. The van der Waals surface area contributed by atoms with Crippen molar-refractivity contribution in [2.24, 2.45) is 7.05 Å². The Morgan fingerprint density at radius 2 is 2.00 bits per heavy atom. The summed E-state index contributed by atoms with van der Waals surface area (Å²) in [5.41, 5.74) is 6.67. The molecule has 7 nitrogen and oxygen atoms in total. The number of nitrogens with two attached hydrogens (primary N) is 1. The van der Waals surface area contributed by atoms with Crippen molar-refractivity contribution < 1.29 is 9.13 Å². The van der Waals surface area contributed by atoms with Gasteiger partial charge in [-0.15, -0.1) is 0 Å². The summed E-state index contributed by atoms with van der Waals surface area (Å²) >= 11 is 0. The highest BCUT2D eigenvalue weighted by molar-refractivity contribution is 5.86. The Balaban J connectivity index is 1.57. The number of aromatic nitrogens is 4. The lowest BCUT2D eigenvalue weighted by molar-refractivity contribution is 0.312. The number of nitrogen functional groups attached to an aromatic ring is 1. The van der Waals surface area contributed by atoms with E-state index in [1.54, 1.807) is 23.0 Å². The van der Waals surface area contributed by atoms with Crippen LogP contribution < -0.4 is 15.4 Å². The van der Waals surface area contributed by atoms with Gasteiger partial charge in [-0.05, 0) is 30.7 Å². The van der Waals surface area contributed by atoms with Crippen LogP contribution in [0.2, 0.25) is 0 Å². The summed E-state index contributed by atoms with van der Waals surface area (Å²) < 4.78 is 20.1. The molecule has 0 amide bonds. The summed E-state index contributed by atoms with van der Waals surface area (Å²) in [6, 6.07) is 5.97. The molecule has 0 saturated carbocycles. The molecule has 3 rings (SSSR count). The van der Waals surface area contributed by atoms with Crippen LogP contribution >= 0.6 is 0 Å². The number of fused-ring (bicyclic) bond motifs is 1. The van der Waals surface area contributed by atoms with Crippen molar-refractivity contribution in [2.45, 2.75) is 6.42 Å². The Morgan fingerprint density at radius 3 is 2.75 bits per heavy atom. The number of nitrogens with zero attached hydrogens (tertiary/aromatic N) is 5. The van der Waals surface area contributed by atoms with Crippen LogP contribution in [0.4, 0.5) is 16.2 Å². The van der Waals surface area contributed by atoms with E-state index in [2.05, 4.69) is 15.1 Å². The van der Waals surface area contributed by atoms with Gasteiger partial charge >= 0.3 is 0 Å². The van der Waals surface area contributed by atoms with Gasteiger partial charge in [-0.3, -0.25) is 4.68 Å². The smallest absolute Gasteiger partial charge is 0.229 e. The number of anilines is 2. The molecule has 0 atom stereocenters. The molecular weight excluding hydrogens is 311 g/mol. The Bertz CT molecular complexity index is 832. The van der Waals surface area contributed by atoms with E-state index in [1.165, 1.54) is 12.1 Å². The maximum Gasteiger partial charge on any atom is 0.229 e. The van der Waals surface area contributed by atoms with Gasteiger partial charge in [0.1, 0.15) is 17.4 Å². The molecular formula is C16H19FN6O. The fourth-order valence-electron chi connectivity index (χ4n) is 2.33. The number of rotatable bonds is 6. The second kappa shape index (κ2) is 6.69. The highest BCUT2D eigenvalue weighted by Crippen LogP contribution is 2.20. The number of ether oxygens (including phenoxy) is 1. The predicted molar refractivity (Wildman–Crippen MR) is 90.5 cm³/mol. The van der Waals surface area contributed by atoms with Crippen LogP contribution in [-0.4, -0.2) is 39.9 Å². The van der Waals surface area contributed by atoms with Crippen molar-refractivity contribution in [3.8, 4) is 5.75 Å². The molecule has 8 heteroatoms. The first-order valence-electron chi connectivity index (χ1n) is 7.59. The topological polar surface area (TPSA) is 82.1 Å². The van der Waals surface area contributed by atoms with E-state index in [4.69, 9.17) is 10.5 Å². The maximum atomic E-state index is 12.8. The number of benzene rings is 1. The van der Waals surface area contributed by atoms with E-state index in [0.29, 0.717) is 36.3 Å². The van der Waals surface area contributed by atoms with Crippen LogP contribution in [0.25, 0.3) is 11.0 Å². The molecule has 0 aliphatic carbocycles. The minimum atomic E-state index is -0.276. The zero-order chi connectivity index (χ0) is 17.1. The van der Waals surface area contributed by atoms with Gasteiger partial charge in [-0.2, -0.15) is 15.1 Å². The van der Waals surface area contributed by atoms with Gasteiger partial charge < -0.3 is 15.4 Å². The van der Waals surface area contributed by atoms with E-state index in [-0.39, 0.29) is 5.82 Å². The van der Waals surface area contributed by atoms with Crippen molar-refractivity contribution in [3.05, 3.63) is 36.3 Å². The molecule has 0 unspecified atom stereocenters. The molecule has 0 saturated heterocycles. The maximum absolute atomic E-state index is 12.8. The molecule has 0 aliphatic rings. The number of hydrogen-bond acceptors (Lipinski definition) is 6. The lowest BCUT2D eigenvalue weighted by atomic mass is 10.3. The van der Waals surface area contributed by atoms with E-state index < -0.39 is 0 Å². The second-order valence-corrected chi connectivity index (χ2v) is 5.49. The normalized spacial score (nSPS) is 11.0. The van der Waals surface area contributed by atoms with E-state index >= 15 is 0 Å². The van der Waals surface area contributed by atoms with Crippen LogP contribution in [0, 0.1) is 5.82 Å². The number of aryl methyl sites for hydroxylation is 1. The molecule has 0 fully saturated rings. The lowest BCUT2D eigenvalue weighted by Crippen LogP contribution is -2.23. The highest BCUT2D eigenvalue weighted by Gasteiger charge is 2.12. The van der Waals surface area contributed by atoms with E-state index in [9.17, 15) is 4.39 Å². The summed E-state index contributed by atoms with van der Waals surface area (Å²) in [5.74, 6) is 1.33. The van der Waals surface area contributed by atoms with Crippen LogP contribution in [-0.2, 0) is 7.05 Å². The highest BCUT2D eigenvalue weighted by atomic mass is 19.1. The average molecular weight is 330 g/mol. The third kappa shape index (κ3) is 3.37. The molecule has 3 aromatic rings. The van der Waals surface area contributed by atoms with Crippen molar-refractivity contribution >= 4 is 22.8 Å². The van der Waals surface area contributed by atoms with Gasteiger partial charge in [0.15, 0.2) is 5.65 Å². The SMILES string of the molecule is CN(CCCOc1ccc(F)cc1)c1nc(N)c2cnn(C)c2n1. The zero-order valence-electron chi connectivity index (χ0n) is 13.6. The quantitative estimate of drug-likeness (QED) is 0.696. The Labute approximate surface area is 138 Å². The largest absolute Gasteiger partial charge is 0.494 e. The standard InChI is InChI=1S/C16H19FN6O/c1-22(8-3-9-24-12-6-4-11(17)5-7-12)16-20-14(18)13-10-19-23(2)15(13)21-16/h4-7,10H,3,8-9H2,1-2H3,(H2,18,20,21). The monoisotopic (exact) mass is 330 g/mol. The summed E-state index contributed by atoms with van der Waals surface area (Å²) in [7, 11) is 3.71. The van der Waals surface area contributed by atoms with Gasteiger partial charge in [0.05, 0.1) is 18.2 Å². The van der Waals surface area contributed by atoms with Gasteiger partial charge in [0.2, 0.25) is 5.95 Å². The Morgan fingerprint density at radius 1 is 1.25 bits per heavy atom. The summed E-state index contributed by atoms with van der Waals surface area (Å²) in [6.07, 6.45) is 2.42. The number of hydrogen-bond donors (Lipinski definition) is 1. The fraction of sp³-hybridized carbons (Fsp3) is 0.312. The molecule has 0 radical (unpaired) electrons. The van der Waals surface area contributed by atoms with Crippen molar-refractivity contribution in [3.63, 3.8) is 0 Å². The first-order valence-corrected chi connectivity index (χ1v) is 7.59. The average Bonchev–Trinajstić information content (AvgIpc) is 2.95. The molecule has 2 N–H and O–H groups in total. The molecule has 0 aliphatic heterocycles. The molecule has 2 heterocycles. The van der Waals surface area contributed by atoms with Gasteiger partial charge in [-0.1, -0.05) is 0 Å². The van der Waals surface area contributed by atoms with E-state index in [0.717, 1.165) is 11.8 Å². The molecule has 1 aromatic carbocycles. The zero-order valence-corrected chi connectivity index (χ0v) is 13.6. The van der Waals surface area contributed by atoms with Gasteiger partial charge in [-0.25, -0.2) is 4.39 Å². The predicted octanol–water partition coefficient (Wildman–Crippen LogP) is 1.99. The van der Waals surface area contributed by atoms with Crippen LogP contribution in [0.3, 0.4) is 0 Å². The third-order valence-corrected chi connectivity index (χ3v) is 3.67. The van der Waals surface area contributed by atoms with Gasteiger partial charge in [0, 0.05) is 20.6 Å². The van der Waals surface area contributed by atoms with E-state index in [1.807, 2.05) is 19.0 Å².